The highest BCUT2D eigenvalue weighted by Gasteiger charge is 2.69. The number of likely N-dealkylation sites (tertiary alicyclic amines) is 1. The highest BCUT2D eigenvalue weighted by Crippen LogP contribution is 2.68. The van der Waals surface area contributed by atoms with Crippen molar-refractivity contribution in [3.8, 4) is 0 Å². The van der Waals surface area contributed by atoms with Crippen LogP contribution in [0.25, 0.3) is 0 Å². The third-order valence-corrected chi connectivity index (χ3v) is 11.4. The van der Waals surface area contributed by atoms with Crippen LogP contribution in [0.5, 0.6) is 0 Å². The van der Waals surface area contributed by atoms with Crippen LogP contribution in [-0.2, 0) is 19.1 Å². The molecule has 2 aromatic rings. The van der Waals surface area contributed by atoms with Crippen LogP contribution in [0.1, 0.15) is 43.6 Å². The molecule has 2 aliphatic carbocycles. The molecule has 6 unspecified atom stereocenters. The van der Waals surface area contributed by atoms with Gasteiger partial charge in [-0.2, -0.15) is 0 Å². The molecular weight excluding hydrogens is 510 g/mol. The molecule has 2 amide bonds. The van der Waals surface area contributed by atoms with Crippen molar-refractivity contribution in [3.63, 3.8) is 0 Å². The second kappa shape index (κ2) is 9.31. The Morgan fingerprint density at radius 3 is 2.38 bits per heavy atom. The Kier molecular flexibility index (Phi) is 6.22. The van der Waals surface area contributed by atoms with Gasteiger partial charge in [-0.1, -0.05) is 23.5 Å². The Morgan fingerprint density at radius 2 is 1.73 bits per heavy atom. The zero-order valence-electron chi connectivity index (χ0n) is 21.1. The number of thiazole rings is 1. The van der Waals surface area contributed by atoms with Crippen LogP contribution in [0.2, 0.25) is 0 Å². The van der Waals surface area contributed by atoms with Crippen LogP contribution >= 0.6 is 23.1 Å². The number of nitrogens with one attached hydrogen (secondary N) is 1. The Labute approximate surface area is 223 Å². The van der Waals surface area contributed by atoms with Gasteiger partial charge < -0.3 is 14.6 Å². The summed E-state index contributed by atoms with van der Waals surface area (Å²) in [4.78, 5) is 58.9. The Bertz CT molecular complexity index is 1300. The van der Waals surface area contributed by atoms with Crippen molar-refractivity contribution in [1.29, 1.82) is 0 Å². The third kappa shape index (κ3) is 3.70. The lowest BCUT2D eigenvalue weighted by Gasteiger charge is -2.43. The fourth-order valence-corrected chi connectivity index (χ4v) is 10.3. The maximum Gasteiger partial charge on any atom is 0.326 e. The molecule has 1 saturated heterocycles. The summed E-state index contributed by atoms with van der Waals surface area (Å²) in [5, 5.41) is 1.04. The van der Waals surface area contributed by atoms with Crippen molar-refractivity contribution < 1.29 is 19.1 Å². The van der Waals surface area contributed by atoms with Crippen molar-refractivity contribution in [2.75, 3.05) is 31.1 Å². The fourth-order valence-electron chi connectivity index (χ4n) is 7.42. The molecule has 196 valence electrons. The first-order valence-electron chi connectivity index (χ1n) is 13.1. The summed E-state index contributed by atoms with van der Waals surface area (Å²) in [6, 6.07) is 8.63. The van der Waals surface area contributed by atoms with E-state index in [1.54, 1.807) is 18.7 Å². The summed E-state index contributed by atoms with van der Waals surface area (Å²) >= 11 is 2.94. The van der Waals surface area contributed by atoms with Gasteiger partial charge in [-0.05, 0) is 62.6 Å². The van der Waals surface area contributed by atoms with E-state index in [1.165, 1.54) is 11.3 Å². The minimum Gasteiger partial charge on any atom is -0.465 e. The number of carbonyl (C=O) groups excluding carboxylic acids is 3. The number of hydrogen-bond donors (Lipinski definition) is 1. The Hall–Kier alpha value is -2.59. The van der Waals surface area contributed by atoms with Gasteiger partial charge in [-0.15, -0.1) is 11.8 Å². The van der Waals surface area contributed by atoms with Crippen molar-refractivity contribution in [3.05, 3.63) is 44.4 Å². The van der Waals surface area contributed by atoms with Gasteiger partial charge >= 0.3 is 10.8 Å². The summed E-state index contributed by atoms with van der Waals surface area (Å²) in [5.74, 6) is -1.59. The van der Waals surface area contributed by atoms with Crippen LogP contribution in [0, 0.1) is 29.6 Å². The number of anilines is 1. The maximum atomic E-state index is 13.5. The van der Waals surface area contributed by atoms with Crippen LogP contribution in [0.3, 0.4) is 0 Å². The molecule has 3 heterocycles. The molecular formula is C27H31N3O5S2. The molecule has 1 aromatic carbocycles. The standard InChI is InChI=1S/C27H31N3O5S2/c1-4-29(5-2)14-9-7-13(8-10-14)18-19-15-11-16(22(19)36-24-23(18)37-27(34)28-24)21-20(15)25(32)30(26(21)33)12-17(31)35-6-3/h7-10,15-16,18-22H,4-6,11-12H2,1-3H3,(H,28,34)/t15?,16?,18-,19?,20?,21?,22?/m1/s1. The topological polar surface area (TPSA) is 99.8 Å². The maximum absolute atomic E-state index is 13.5. The van der Waals surface area contributed by atoms with E-state index in [0.717, 1.165) is 45.6 Å². The number of rotatable bonds is 7. The van der Waals surface area contributed by atoms with E-state index in [2.05, 4.69) is 48.0 Å². The molecule has 4 aliphatic rings. The molecule has 1 N–H and O–H groups in total. The summed E-state index contributed by atoms with van der Waals surface area (Å²) in [6.45, 7) is 7.74. The first kappa shape index (κ1) is 24.7. The van der Waals surface area contributed by atoms with E-state index in [4.69, 9.17) is 4.74 Å². The normalized spacial score (nSPS) is 31.3. The van der Waals surface area contributed by atoms with Gasteiger partial charge in [0.05, 0.1) is 23.5 Å². The number of imide groups is 1. The fraction of sp³-hybridized carbons (Fsp3) is 0.556. The molecule has 0 spiro atoms. The highest BCUT2D eigenvalue weighted by molar-refractivity contribution is 8.00. The van der Waals surface area contributed by atoms with Gasteiger partial charge in [0.2, 0.25) is 11.8 Å². The monoisotopic (exact) mass is 541 g/mol. The number of amides is 2. The number of fused-ring (bicyclic) bond motifs is 9. The van der Waals surface area contributed by atoms with Crippen LogP contribution in [0.4, 0.5) is 5.69 Å². The molecule has 2 aliphatic heterocycles. The molecule has 6 rings (SSSR count). The summed E-state index contributed by atoms with van der Waals surface area (Å²) in [7, 11) is 0. The van der Waals surface area contributed by atoms with Crippen LogP contribution < -0.4 is 9.77 Å². The molecule has 3 fully saturated rings. The third-order valence-electron chi connectivity index (χ3n) is 8.79. The molecule has 0 radical (unpaired) electrons. The van der Waals surface area contributed by atoms with Gasteiger partial charge in [0, 0.05) is 34.8 Å². The number of benzene rings is 1. The number of esters is 1. The lowest BCUT2D eigenvalue weighted by Crippen LogP contribution is -2.42. The van der Waals surface area contributed by atoms with Gasteiger partial charge in [0.25, 0.3) is 0 Å². The van der Waals surface area contributed by atoms with Crippen molar-refractivity contribution in [1.82, 2.24) is 9.88 Å². The number of carbonyl (C=O) groups is 3. The minimum atomic E-state index is -0.547. The van der Waals surface area contributed by atoms with Crippen molar-refractivity contribution in [2.45, 2.75) is 43.4 Å². The first-order chi connectivity index (χ1) is 17.9. The van der Waals surface area contributed by atoms with E-state index in [0.29, 0.717) is 0 Å². The zero-order chi connectivity index (χ0) is 26.0. The zero-order valence-corrected chi connectivity index (χ0v) is 22.8. The van der Waals surface area contributed by atoms with Crippen LogP contribution in [-0.4, -0.2) is 59.2 Å². The highest BCUT2D eigenvalue weighted by atomic mass is 32.2. The average Bonchev–Trinajstić information content (AvgIpc) is 3.61. The molecule has 7 atom stereocenters. The number of hydrogen-bond acceptors (Lipinski definition) is 8. The average molecular weight is 542 g/mol. The number of aromatic nitrogens is 1. The summed E-state index contributed by atoms with van der Waals surface area (Å²) < 4.78 is 5.02. The number of thioether (sulfide) groups is 1. The number of nitrogens with zero attached hydrogens (tertiary/aromatic N) is 2. The quantitative estimate of drug-likeness (QED) is 0.424. The number of H-pyrrole nitrogens is 1. The lowest BCUT2D eigenvalue weighted by molar-refractivity contribution is -0.153. The van der Waals surface area contributed by atoms with E-state index < -0.39 is 17.8 Å². The molecule has 2 bridgehead atoms. The second-order valence-electron chi connectivity index (χ2n) is 10.3. The van der Waals surface area contributed by atoms with Gasteiger partial charge in [0.1, 0.15) is 6.54 Å². The lowest BCUT2D eigenvalue weighted by atomic mass is 9.68. The van der Waals surface area contributed by atoms with Gasteiger partial charge in [-0.25, -0.2) is 0 Å². The molecule has 37 heavy (non-hydrogen) atoms. The smallest absolute Gasteiger partial charge is 0.326 e. The Balaban J connectivity index is 1.36. The van der Waals surface area contributed by atoms with E-state index >= 15 is 0 Å². The van der Waals surface area contributed by atoms with Crippen molar-refractivity contribution >= 4 is 46.6 Å². The van der Waals surface area contributed by atoms with Crippen LogP contribution in [0.15, 0.2) is 34.1 Å². The van der Waals surface area contributed by atoms with E-state index in [-0.39, 0.29) is 58.8 Å². The Morgan fingerprint density at radius 1 is 1.05 bits per heavy atom. The first-order valence-corrected chi connectivity index (χ1v) is 14.8. The molecule has 8 nitrogen and oxygen atoms in total. The summed E-state index contributed by atoms with van der Waals surface area (Å²) in [5.41, 5.74) is 2.31. The SMILES string of the molecule is CCOC(=O)CN1C(=O)C2C3CC(C2C1=O)C1C3Sc2[nH]c(=O)sc2[C@@H]1c1ccc(N(CC)CC)cc1. The number of aromatic amines is 1. The van der Waals surface area contributed by atoms with Crippen molar-refractivity contribution in [2.24, 2.45) is 29.6 Å². The van der Waals surface area contributed by atoms with Gasteiger partial charge in [0.15, 0.2) is 0 Å². The van der Waals surface area contributed by atoms with E-state index in [9.17, 15) is 19.2 Å². The predicted molar refractivity (Wildman–Crippen MR) is 142 cm³/mol. The summed E-state index contributed by atoms with van der Waals surface area (Å²) in [6.07, 6.45) is 0.829. The second-order valence-corrected chi connectivity index (χ2v) is 12.5. The number of ether oxygens (including phenoxy) is 1. The molecule has 1 aromatic heterocycles. The minimum absolute atomic E-state index is 0.00564. The molecule has 2 saturated carbocycles. The van der Waals surface area contributed by atoms with E-state index in [1.807, 2.05) is 0 Å². The predicted octanol–water partition coefficient (Wildman–Crippen LogP) is 3.32. The van der Waals surface area contributed by atoms with Gasteiger partial charge in [-0.3, -0.25) is 24.1 Å². The molecule has 10 heteroatoms. The largest absolute Gasteiger partial charge is 0.465 e.